The minimum absolute atomic E-state index is 0.0739. The van der Waals surface area contributed by atoms with Gasteiger partial charge in [0.1, 0.15) is 0 Å². The highest BCUT2D eigenvalue weighted by Gasteiger charge is 2.73. The minimum Gasteiger partial charge on any atom is -0.380 e. The van der Waals surface area contributed by atoms with Gasteiger partial charge >= 0.3 is 0 Å². The second-order valence-electron chi connectivity index (χ2n) is 5.79. The molecule has 2 nitrogen and oxygen atoms in total. The number of rotatable bonds is 0. The van der Waals surface area contributed by atoms with E-state index in [2.05, 4.69) is 37.3 Å². The molecule has 1 spiro atoms. The third kappa shape index (κ3) is 0.814. The summed E-state index contributed by atoms with van der Waals surface area (Å²) < 4.78 is 5.70. The molecule has 1 unspecified atom stereocenters. The molecule has 1 heterocycles. The topological polar surface area (TPSA) is 33.0 Å². The largest absolute Gasteiger partial charge is 0.380 e. The average Bonchev–Trinajstić information content (AvgIpc) is 2.78. The lowest BCUT2D eigenvalue weighted by Crippen LogP contribution is -2.66. The summed E-state index contributed by atoms with van der Waals surface area (Å²) in [5.41, 5.74) is 1.95. The maximum atomic E-state index is 9.89. The summed E-state index contributed by atoms with van der Waals surface area (Å²) in [6, 6.07) is 11.0. The summed E-state index contributed by atoms with van der Waals surface area (Å²) >= 11 is 0. The molecule has 90 valence electrons. The van der Waals surface area contributed by atoms with Gasteiger partial charge in [0.05, 0.1) is 24.7 Å². The fourth-order valence-corrected chi connectivity index (χ4v) is 4.54. The molecule has 1 aromatic rings. The molecular weight excluding hydrogens is 222 g/mol. The van der Waals surface area contributed by atoms with Crippen LogP contribution in [0.4, 0.5) is 0 Å². The Morgan fingerprint density at radius 1 is 1.39 bits per heavy atom. The van der Waals surface area contributed by atoms with Crippen LogP contribution in [0.2, 0.25) is 0 Å². The van der Waals surface area contributed by atoms with Crippen molar-refractivity contribution in [1.82, 2.24) is 0 Å². The highest BCUT2D eigenvalue weighted by molar-refractivity contribution is 5.67. The normalized spacial score (nSPS) is 43.3. The summed E-state index contributed by atoms with van der Waals surface area (Å²) in [6.45, 7) is 3.70. The van der Waals surface area contributed by atoms with E-state index >= 15 is 0 Å². The van der Waals surface area contributed by atoms with Crippen molar-refractivity contribution in [2.75, 3.05) is 13.2 Å². The predicted octanol–water partition coefficient (Wildman–Crippen LogP) is 2.76. The highest BCUT2D eigenvalue weighted by atomic mass is 16.5. The van der Waals surface area contributed by atoms with E-state index < -0.39 is 0 Å². The van der Waals surface area contributed by atoms with Gasteiger partial charge in [0.25, 0.3) is 0 Å². The summed E-state index contributed by atoms with van der Waals surface area (Å²) in [5.74, 6) is 0.873. The third-order valence-electron chi connectivity index (χ3n) is 5.44. The van der Waals surface area contributed by atoms with Gasteiger partial charge in [-0.1, -0.05) is 43.3 Å². The standard InChI is InChI=1S/C16H15NO/c1-11-14-8-18-10-15(14)7-6-12-4-2-3-5-13(12)16(11,15)9-17/h2-7,11,14H,8,10H2,1H3/t11-,14-,15-,16?/m1/s1. The molecule has 1 aromatic carbocycles. The summed E-state index contributed by atoms with van der Waals surface area (Å²) in [6.07, 6.45) is 4.43. The van der Waals surface area contributed by atoms with Gasteiger partial charge in [-0.15, -0.1) is 0 Å². The molecule has 0 N–H and O–H groups in total. The minimum atomic E-state index is -0.375. The monoisotopic (exact) mass is 237 g/mol. The molecular formula is C16H15NO. The predicted molar refractivity (Wildman–Crippen MR) is 68.7 cm³/mol. The van der Waals surface area contributed by atoms with Crippen molar-refractivity contribution in [3.05, 3.63) is 41.5 Å². The maximum Gasteiger partial charge on any atom is 0.0973 e. The van der Waals surface area contributed by atoms with Crippen molar-refractivity contribution in [2.45, 2.75) is 12.3 Å². The van der Waals surface area contributed by atoms with Crippen molar-refractivity contribution in [1.29, 1.82) is 5.26 Å². The smallest absolute Gasteiger partial charge is 0.0973 e. The fourth-order valence-electron chi connectivity index (χ4n) is 4.54. The van der Waals surface area contributed by atoms with Crippen LogP contribution >= 0.6 is 0 Å². The van der Waals surface area contributed by atoms with Gasteiger partial charge < -0.3 is 4.74 Å². The quantitative estimate of drug-likeness (QED) is 0.695. The van der Waals surface area contributed by atoms with Crippen molar-refractivity contribution < 1.29 is 4.74 Å². The third-order valence-corrected chi connectivity index (χ3v) is 5.44. The zero-order valence-corrected chi connectivity index (χ0v) is 10.4. The van der Waals surface area contributed by atoms with E-state index in [-0.39, 0.29) is 10.8 Å². The van der Waals surface area contributed by atoms with Crippen LogP contribution in [0, 0.1) is 28.6 Å². The van der Waals surface area contributed by atoms with Gasteiger partial charge in [-0.25, -0.2) is 0 Å². The molecule has 4 rings (SSSR count). The van der Waals surface area contributed by atoms with Crippen LogP contribution in [-0.2, 0) is 10.2 Å². The molecule has 0 amide bonds. The molecule has 4 atom stereocenters. The Morgan fingerprint density at radius 2 is 2.22 bits per heavy atom. The molecule has 2 aliphatic carbocycles. The molecule has 1 aliphatic heterocycles. The van der Waals surface area contributed by atoms with E-state index in [1.54, 1.807) is 0 Å². The number of fused-ring (bicyclic) bond motifs is 2. The first-order valence-corrected chi connectivity index (χ1v) is 6.54. The lowest BCUT2D eigenvalue weighted by Gasteiger charge is -2.62. The van der Waals surface area contributed by atoms with Crippen LogP contribution in [-0.4, -0.2) is 13.2 Å². The second kappa shape index (κ2) is 3.05. The first-order chi connectivity index (χ1) is 8.76. The summed E-state index contributed by atoms with van der Waals surface area (Å²) in [5, 5.41) is 9.89. The van der Waals surface area contributed by atoms with Crippen LogP contribution in [0.15, 0.2) is 30.3 Å². The molecule has 0 radical (unpaired) electrons. The van der Waals surface area contributed by atoms with Gasteiger partial charge in [-0.05, 0) is 23.0 Å². The van der Waals surface area contributed by atoms with Gasteiger partial charge in [0.2, 0.25) is 0 Å². The Kier molecular flexibility index (Phi) is 1.75. The van der Waals surface area contributed by atoms with E-state index in [4.69, 9.17) is 4.74 Å². The van der Waals surface area contributed by atoms with Crippen LogP contribution < -0.4 is 0 Å². The number of hydrogen-bond donors (Lipinski definition) is 0. The molecule has 1 saturated heterocycles. The van der Waals surface area contributed by atoms with Crippen molar-refractivity contribution in [2.24, 2.45) is 17.3 Å². The van der Waals surface area contributed by atoms with Crippen LogP contribution in [0.25, 0.3) is 6.08 Å². The maximum absolute atomic E-state index is 9.89. The first kappa shape index (κ1) is 10.3. The molecule has 1 saturated carbocycles. The Morgan fingerprint density at radius 3 is 3.06 bits per heavy atom. The Labute approximate surface area is 107 Å². The van der Waals surface area contributed by atoms with Crippen LogP contribution in [0.5, 0.6) is 0 Å². The Hall–Kier alpha value is -1.59. The van der Waals surface area contributed by atoms with E-state index in [9.17, 15) is 5.26 Å². The Balaban J connectivity index is 2.02. The van der Waals surface area contributed by atoms with E-state index in [1.165, 1.54) is 11.1 Å². The van der Waals surface area contributed by atoms with E-state index in [0.29, 0.717) is 18.4 Å². The van der Waals surface area contributed by atoms with Crippen LogP contribution in [0.1, 0.15) is 18.1 Å². The average molecular weight is 237 g/mol. The van der Waals surface area contributed by atoms with Crippen LogP contribution in [0.3, 0.4) is 0 Å². The molecule has 2 heteroatoms. The zero-order chi connectivity index (χ0) is 12.4. The fraction of sp³-hybridized carbons (Fsp3) is 0.438. The lowest BCUT2D eigenvalue weighted by atomic mass is 9.36. The molecule has 0 bridgehead atoms. The van der Waals surface area contributed by atoms with Gasteiger partial charge in [-0.2, -0.15) is 5.26 Å². The van der Waals surface area contributed by atoms with Gasteiger partial charge in [0.15, 0.2) is 0 Å². The summed E-state index contributed by atoms with van der Waals surface area (Å²) in [4.78, 5) is 0. The number of nitrogens with zero attached hydrogens (tertiary/aromatic N) is 1. The van der Waals surface area contributed by atoms with Gasteiger partial charge in [0, 0.05) is 5.41 Å². The lowest BCUT2D eigenvalue weighted by molar-refractivity contribution is -0.0365. The second-order valence-corrected chi connectivity index (χ2v) is 5.79. The summed E-state index contributed by atoms with van der Waals surface area (Å²) in [7, 11) is 0. The van der Waals surface area contributed by atoms with Crippen molar-refractivity contribution in [3.8, 4) is 6.07 Å². The number of ether oxygens (including phenoxy) is 1. The molecule has 2 fully saturated rings. The molecule has 3 aliphatic rings. The zero-order valence-electron chi connectivity index (χ0n) is 10.4. The highest BCUT2D eigenvalue weighted by Crippen LogP contribution is 2.70. The molecule has 18 heavy (non-hydrogen) atoms. The first-order valence-electron chi connectivity index (χ1n) is 6.54. The molecule has 0 aromatic heterocycles. The van der Waals surface area contributed by atoms with E-state index in [0.717, 1.165) is 6.61 Å². The van der Waals surface area contributed by atoms with Gasteiger partial charge in [-0.3, -0.25) is 0 Å². The van der Waals surface area contributed by atoms with Crippen molar-refractivity contribution >= 4 is 6.08 Å². The number of benzene rings is 1. The Bertz CT molecular complexity index is 599. The van der Waals surface area contributed by atoms with E-state index in [1.807, 2.05) is 12.1 Å². The van der Waals surface area contributed by atoms with Crippen molar-refractivity contribution in [3.63, 3.8) is 0 Å². The number of hydrogen-bond acceptors (Lipinski definition) is 2. The SMILES string of the molecule is C[C@@H]1[C@H]2COC[C@]23C=Cc2ccccc2C13C#N. The number of nitriles is 1.